The van der Waals surface area contributed by atoms with Crippen LogP contribution in [0.1, 0.15) is 25.7 Å². The van der Waals surface area contributed by atoms with Gasteiger partial charge in [0, 0.05) is 52.4 Å². The van der Waals surface area contributed by atoms with Crippen LogP contribution in [0, 0.1) is 0 Å². The monoisotopic (exact) mass is 241 g/mol. The topological polar surface area (TPSA) is 41.7 Å². The average Bonchev–Trinajstić information content (AvgIpc) is 2.40. The highest BCUT2D eigenvalue weighted by atomic mass is 16.5. The quantitative estimate of drug-likeness (QED) is 0.779. The first kappa shape index (κ1) is 13.3. The summed E-state index contributed by atoms with van der Waals surface area (Å²) in [5.74, 6) is 0. The second kappa shape index (κ2) is 6.69. The molecule has 4 heteroatoms. The van der Waals surface area contributed by atoms with Crippen LogP contribution in [0.15, 0.2) is 0 Å². The summed E-state index contributed by atoms with van der Waals surface area (Å²) in [6.45, 7) is 6.63. The number of hydrogen-bond donors (Lipinski definition) is 1. The van der Waals surface area contributed by atoms with Gasteiger partial charge in [-0.3, -0.25) is 9.80 Å². The van der Waals surface area contributed by atoms with E-state index in [1.54, 1.807) is 0 Å². The van der Waals surface area contributed by atoms with E-state index in [1.807, 2.05) is 7.11 Å². The number of nitrogens with zero attached hydrogens (tertiary/aromatic N) is 2. The van der Waals surface area contributed by atoms with Gasteiger partial charge >= 0.3 is 0 Å². The predicted octanol–water partition coefficient (Wildman–Crippen LogP) is 0.520. The highest BCUT2D eigenvalue weighted by Crippen LogP contribution is 2.25. The Bertz CT molecular complexity index is 217. The van der Waals surface area contributed by atoms with Crippen molar-refractivity contribution in [1.29, 1.82) is 0 Å². The standard InChI is InChI=1S/C13H27N3O/c1-17-13-4-2-3-12(11-13)16-9-7-15(6-5-14)8-10-16/h12-13H,2-11,14H2,1H3. The fraction of sp³-hybridized carbons (Fsp3) is 1.00. The summed E-state index contributed by atoms with van der Waals surface area (Å²) in [6.07, 6.45) is 5.66. The zero-order valence-electron chi connectivity index (χ0n) is 11.1. The van der Waals surface area contributed by atoms with E-state index in [9.17, 15) is 0 Å². The molecule has 1 heterocycles. The fourth-order valence-electron chi connectivity index (χ4n) is 3.20. The van der Waals surface area contributed by atoms with E-state index >= 15 is 0 Å². The summed E-state index contributed by atoms with van der Waals surface area (Å²) in [6, 6.07) is 0.758. The van der Waals surface area contributed by atoms with Crippen molar-refractivity contribution in [2.24, 2.45) is 5.73 Å². The van der Waals surface area contributed by atoms with Crippen molar-refractivity contribution in [2.45, 2.75) is 37.8 Å². The highest BCUT2D eigenvalue weighted by molar-refractivity contribution is 4.84. The van der Waals surface area contributed by atoms with Crippen molar-refractivity contribution in [1.82, 2.24) is 9.80 Å². The van der Waals surface area contributed by atoms with E-state index in [0.717, 1.165) is 19.1 Å². The number of rotatable bonds is 4. The largest absolute Gasteiger partial charge is 0.381 e. The van der Waals surface area contributed by atoms with E-state index in [0.29, 0.717) is 6.10 Å². The van der Waals surface area contributed by atoms with Gasteiger partial charge in [0.05, 0.1) is 6.10 Å². The Balaban J connectivity index is 1.76. The molecule has 17 heavy (non-hydrogen) atoms. The summed E-state index contributed by atoms with van der Waals surface area (Å²) in [5.41, 5.74) is 5.60. The van der Waals surface area contributed by atoms with Gasteiger partial charge in [-0.1, -0.05) is 0 Å². The number of nitrogens with two attached hydrogens (primary N) is 1. The molecule has 1 saturated heterocycles. The summed E-state index contributed by atoms with van der Waals surface area (Å²) in [7, 11) is 1.85. The summed E-state index contributed by atoms with van der Waals surface area (Å²) in [5, 5.41) is 0. The van der Waals surface area contributed by atoms with Crippen LogP contribution >= 0.6 is 0 Å². The predicted molar refractivity (Wildman–Crippen MR) is 70.1 cm³/mol. The van der Waals surface area contributed by atoms with Gasteiger partial charge in [-0.15, -0.1) is 0 Å². The minimum absolute atomic E-state index is 0.496. The lowest BCUT2D eigenvalue weighted by Gasteiger charge is -2.42. The van der Waals surface area contributed by atoms with Crippen molar-refractivity contribution in [3.63, 3.8) is 0 Å². The summed E-state index contributed by atoms with van der Waals surface area (Å²) < 4.78 is 5.52. The van der Waals surface area contributed by atoms with Crippen molar-refractivity contribution in [2.75, 3.05) is 46.4 Å². The number of ether oxygens (including phenoxy) is 1. The lowest BCUT2D eigenvalue weighted by atomic mass is 9.91. The minimum atomic E-state index is 0.496. The van der Waals surface area contributed by atoms with E-state index in [-0.39, 0.29) is 0 Å². The molecule has 0 aromatic rings. The van der Waals surface area contributed by atoms with Gasteiger partial charge in [-0.25, -0.2) is 0 Å². The molecule has 0 aromatic heterocycles. The molecule has 0 bridgehead atoms. The van der Waals surface area contributed by atoms with E-state index in [1.165, 1.54) is 51.9 Å². The highest BCUT2D eigenvalue weighted by Gasteiger charge is 2.28. The van der Waals surface area contributed by atoms with Crippen molar-refractivity contribution in [3.8, 4) is 0 Å². The molecule has 2 fully saturated rings. The van der Waals surface area contributed by atoms with Gasteiger partial charge in [-0.05, 0) is 25.7 Å². The molecule has 2 aliphatic rings. The lowest BCUT2D eigenvalue weighted by molar-refractivity contribution is 0.0121. The first-order valence-corrected chi connectivity index (χ1v) is 7.02. The van der Waals surface area contributed by atoms with Gasteiger partial charge in [0.1, 0.15) is 0 Å². The fourth-order valence-corrected chi connectivity index (χ4v) is 3.20. The molecule has 0 radical (unpaired) electrons. The van der Waals surface area contributed by atoms with Crippen LogP contribution in [0.4, 0.5) is 0 Å². The Hall–Kier alpha value is -0.160. The molecule has 2 unspecified atom stereocenters. The molecule has 100 valence electrons. The van der Waals surface area contributed by atoms with Crippen LogP contribution in [0.25, 0.3) is 0 Å². The molecule has 0 spiro atoms. The normalized spacial score (nSPS) is 32.8. The van der Waals surface area contributed by atoms with Crippen LogP contribution in [0.3, 0.4) is 0 Å². The first-order valence-electron chi connectivity index (χ1n) is 7.02. The maximum atomic E-state index is 5.60. The molecular weight excluding hydrogens is 214 g/mol. The molecule has 0 aromatic carbocycles. The van der Waals surface area contributed by atoms with Crippen molar-refractivity contribution in [3.05, 3.63) is 0 Å². The van der Waals surface area contributed by atoms with Gasteiger partial charge < -0.3 is 10.5 Å². The van der Waals surface area contributed by atoms with Crippen molar-refractivity contribution < 1.29 is 4.74 Å². The minimum Gasteiger partial charge on any atom is -0.381 e. The SMILES string of the molecule is COC1CCCC(N2CCN(CCN)CC2)C1. The van der Waals surface area contributed by atoms with E-state index in [2.05, 4.69) is 9.80 Å². The molecule has 2 N–H and O–H groups in total. The third kappa shape index (κ3) is 3.65. The second-order valence-corrected chi connectivity index (χ2v) is 5.34. The van der Waals surface area contributed by atoms with E-state index in [4.69, 9.17) is 10.5 Å². The number of hydrogen-bond acceptors (Lipinski definition) is 4. The molecule has 2 rings (SSSR count). The molecule has 1 aliphatic heterocycles. The Morgan fingerprint density at radius 1 is 1.18 bits per heavy atom. The average molecular weight is 241 g/mol. The Morgan fingerprint density at radius 3 is 2.59 bits per heavy atom. The van der Waals surface area contributed by atoms with E-state index < -0.39 is 0 Å². The molecular formula is C13H27N3O. The van der Waals surface area contributed by atoms with Crippen LogP contribution in [0.5, 0.6) is 0 Å². The summed E-state index contributed by atoms with van der Waals surface area (Å²) >= 11 is 0. The van der Waals surface area contributed by atoms with Gasteiger partial charge in [0.15, 0.2) is 0 Å². The smallest absolute Gasteiger partial charge is 0.0586 e. The van der Waals surface area contributed by atoms with Crippen LogP contribution in [-0.4, -0.2) is 68.3 Å². The zero-order valence-corrected chi connectivity index (χ0v) is 11.1. The van der Waals surface area contributed by atoms with Gasteiger partial charge in [0.2, 0.25) is 0 Å². The molecule has 4 nitrogen and oxygen atoms in total. The van der Waals surface area contributed by atoms with Crippen LogP contribution < -0.4 is 5.73 Å². The maximum absolute atomic E-state index is 5.60. The third-order valence-corrected chi connectivity index (χ3v) is 4.30. The number of piperazine rings is 1. The third-order valence-electron chi connectivity index (χ3n) is 4.30. The molecule has 2 atom stereocenters. The Morgan fingerprint density at radius 2 is 1.94 bits per heavy atom. The first-order chi connectivity index (χ1) is 8.33. The summed E-state index contributed by atoms with van der Waals surface area (Å²) in [4.78, 5) is 5.14. The lowest BCUT2D eigenvalue weighted by Crippen LogP contribution is -2.52. The van der Waals surface area contributed by atoms with Gasteiger partial charge in [-0.2, -0.15) is 0 Å². The molecule has 1 saturated carbocycles. The maximum Gasteiger partial charge on any atom is 0.0586 e. The Kier molecular flexibility index (Phi) is 5.22. The molecule has 0 amide bonds. The molecule has 1 aliphatic carbocycles. The number of methoxy groups -OCH3 is 1. The Labute approximate surface area is 105 Å². The van der Waals surface area contributed by atoms with Crippen LogP contribution in [0.2, 0.25) is 0 Å². The zero-order chi connectivity index (χ0) is 12.1. The van der Waals surface area contributed by atoms with Crippen LogP contribution in [-0.2, 0) is 4.74 Å². The van der Waals surface area contributed by atoms with Gasteiger partial charge in [0.25, 0.3) is 0 Å². The second-order valence-electron chi connectivity index (χ2n) is 5.34. The van der Waals surface area contributed by atoms with Crippen molar-refractivity contribution >= 4 is 0 Å².